The van der Waals surface area contributed by atoms with Gasteiger partial charge in [-0.05, 0) is 49.4 Å². The number of nitrogens with zero attached hydrogens (tertiary/aromatic N) is 2. The summed E-state index contributed by atoms with van der Waals surface area (Å²) in [6.07, 6.45) is 4.85. The van der Waals surface area contributed by atoms with E-state index in [2.05, 4.69) is 22.4 Å². The number of hydrogen-bond donors (Lipinski definition) is 1. The van der Waals surface area contributed by atoms with Gasteiger partial charge in [0.25, 0.3) is 0 Å². The molecule has 0 aromatic heterocycles. The van der Waals surface area contributed by atoms with Crippen molar-refractivity contribution >= 4 is 5.69 Å². The van der Waals surface area contributed by atoms with E-state index in [0.717, 1.165) is 72.6 Å². The maximum absolute atomic E-state index is 10.0. The second kappa shape index (κ2) is 8.78. The minimum Gasteiger partial charge on any atom is -0.486 e. The first-order chi connectivity index (χ1) is 15.2. The Balaban J connectivity index is 1.30. The summed E-state index contributed by atoms with van der Waals surface area (Å²) in [5, 5.41) is 13.8. The fraction of sp³-hybridized carbons (Fsp3) is 0.480. The zero-order chi connectivity index (χ0) is 21.2. The molecule has 1 aliphatic carbocycles. The van der Waals surface area contributed by atoms with Gasteiger partial charge >= 0.3 is 0 Å². The van der Waals surface area contributed by atoms with Crippen LogP contribution in [0.25, 0.3) is 11.1 Å². The van der Waals surface area contributed by atoms with Crippen molar-refractivity contribution in [2.75, 3.05) is 38.3 Å². The van der Waals surface area contributed by atoms with Crippen LogP contribution in [-0.4, -0.2) is 51.6 Å². The summed E-state index contributed by atoms with van der Waals surface area (Å²) >= 11 is 0. The predicted octanol–water partition coefficient (Wildman–Crippen LogP) is 3.73. The van der Waals surface area contributed by atoms with Crippen molar-refractivity contribution in [2.45, 2.75) is 43.9 Å². The van der Waals surface area contributed by atoms with Crippen molar-refractivity contribution in [3.63, 3.8) is 0 Å². The number of nitriles is 1. The number of rotatable bonds is 5. The maximum Gasteiger partial charge on any atom is 0.161 e. The van der Waals surface area contributed by atoms with E-state index in [1.54, 1.807) is 7.11 Å². The van der Waals surface area contributed by atoms with Crippen LogP contribution >= 0.6 is 0 Å². The van der Waals surface area contributed by atoms with Gasteiger partial charge in [0.05, 0.1) is 17.4 Å². The van der Waals surface area contributed by atoms with Crippen molar-refractivity contribution < 1.29 is 14.2 Å². The quantitative estimate of drug-likeness (QED) is 0.797. The lowest BCUT2D eigenvalue weighted by Crippen LogP contribution is -2.52. The molecule has 2 aliphatic heterocycles. The average molecular weight is 420 g/mol. The van der Waals surface area contributed by atoms with E-state index in [1.807, 2.05) is 30.3 Å². The highest BCUT2D eigenvalue weighted by Gasteiger charge is 2.32. The largest absolute Gasteiger partial charge is 0.486 e. The Morgan fingerprint density at radius 3 is 2.55 bits per heavy atom. The molecule has 2 aromatic rings. The van der Waals surface area contributed by atoms with Gasteiger partial charge in [0, 0.05) is 37.8 Å². The number of piperidine rings is 1. The van der Waals surface area contributed by atoms with Gasteiger partial charge in [-0.15, -0.1) is 0 Å². The molecule has 2 heterocycles. The lowest BCUT2D eigenvalue weighted by Gasteiger charge is -2.41. The Morgan fingerprint density at radius 2 is 1.81 bits per heavy atom. The number of benzene rings is 2. The van der Waals surface area contributed by atoms with Crippen molar-refractivity contribution in [3.05, 3.63) is 42.0 Å². The van der Waals surface area contributed by atoms with E-state index in [1.165, 1.54) is 0 Å². The van der Waals surface area contributed by atoms with Crippen LogP contribution in [0.15, 0.2) is 36.4 Å². The number of hydrogen-bond acceptors (Lipinski definition) is 6. The molecule has 0 radical (unpaired) electrons. The molecule has 6 heteroatoms. The number of nitrogens with one attached hydrogen (secondary N) is 1. The van der Waals surface area contributed by atoms with Crippen LogP contribution in [0, 0.1) is 11.3 Å². The van der Waals surface area contributed by atoms with Crippen LogP contribution in [-0.2, 0) is 4.74 Å². The van der Waals surface area contributed by atoms with E-state index in [-0.39, 0.29) is 0 Å². The summed E-state index contributed by atoms with van der Waals surface area (Å²) in [5.41, 5.74) is 3.68. The molecule has 0 amide bonds. The Bertz CT molecular complexity index is 972. The summed E-state index contributed by atoms with van der Waals surface area (Å²) in [6.45, 7) is 3.04. The fourth-order valence-electron chi connectivity index (χ4n) is 4.89. The Kier molecular flexibility index (Phi) is 5.71. The molecule has 1 saturated carbocycles. The minimum absolute atomic E-state index is 0.430. The topological polar surface area (TPSA) is 66.8 Å². The van der Waals surface area contributed by atoms with E-state index in [9.17, 15) is 5.26 Å². The minimum atomic E-state index is 0.430. The molecule has 6 nitrogen and oxygen atoms in total. The highest BCUT2D eigenvalue weighted by molar-refractivity contribution is 5.79. The zero-order valence-corrected chi connectivity index (χ0v) is 18.0. The molecule has 3 aliphatic rings. The first-order valence-corrected chi connectivity index (χ1v) is 11.2. The van der Waals surface area contributed by atoms with Gasteiger partial charge in [-0.25, -0.2) is 0 Å². The zero-order valence-electron chi connectivity index (χ0n) is 18.0. The third kappa shape index (κ3) is 4.08. The average Bonchev–Trinajstić information content (AvgIpc) is 2.80. The van der Waals surface area contributed by atoms with Gasteiger partial charge < -0.3 is 24.4 Å². The standard InChI is InChI=1S/C25H29N3O3/c1-29-20-14-19(15-20)27-18-7-9-28(10-8-18)23-4-2-3-21(22(23)16-26)17-5-6-24-25(13-17)31-12-11-30-24/h2-6,13,18-20,27H,7-12,14-15H2,1H3/t19-,20+. The normalized spacial score (nSPS) is 23.2. The van der Waals surface area contributed by atoms with Crippen molar-refractivity contribution in [1.29, 1.82) is 5.26 Å². The third-order valence-electron chi connectivity index (χ3n) is 6.74. The van der Waals surface area contributed by atoms with Gasteiger partial charge in [-0.3, -0.25) is 0 Å². The van der Waals surface area contributed by atoms with E-state index >= 15 is 0 Å². The molecule has 31 heavy (non-hydrogen) atoms. The molecule has 0 atom stereocenters. The van der Waals surface area contributed by atoms with Crippen molar-refractivity contribution in [3.8, 4) is 28.7 Å². The molecule has 2 aromatic carbocycles. The lowest BCUT2D eigenvalue weighted by molar-refractivity contribution is 0.0133. The monoisotopic (exact) mass is 419 g/mol. The summed E-state index contributed by atoms with van der Waals surface area (Å²) in [7, 11) is 1.80. The van der Waals surface area contributed by atoms with E-state index in [0.29, 0.717) is 31.4 Å². The van der Waals surface area contributed by atoms with Crippen LogP contribution in [0.5, 0.6) is 11.5 Å². The summed E-state index contributed by atoms with van der Waals surface area (Å²) in [4.78, 5) is 2.36. The predicted molar refractivity (Wildman–Crippen MR) is 120 cm³/mol. The molecule has 162 valence electrons. The van der Waals surface area contributed by atoms with Gasteiger partial charge in [-0.1, -0.05) is 18.2 Å². The first kappa shape index (κ1) is 20.2. The Hall–Kier alpha value is -2.75. The van der Waals surface area contributed by atoms with Gasteiger partial charge in [0.1, 0.15) is 19.3 Å². The molecule has 1 N–H and O–H groups in total. The molecule has 5 rings (SSSR count). The molecule has 0 bridgehead atoms. The second-order valence-electron chi connectivity index (χ2n) is 8.62. The van der Waals surface area contributed by atoms with Crippen LogP contribution in [0.2, 0.25) is 0 Å². The lowest BCUT2D eigenvalue weighted by atomic mass is 9.87. The Morgan fingerprint density at radius 1 is 1.03 bits per heavy atom. The van der Waals surface area contributed by atoms with Gasteiger partial charge in [-0.2, -0.15) is 5.26 Å². The number of methoxy groups -OCH3 is 1. The maximum atomic E-state index is 10.0. The number of fused-ring (bicyclic) bond motifs is 1. The van der Waals surface area contributed by atoms with Gasteiger partial charge in [0.2, 0.25) is 0 Å². The van der Waals surface area contributed by atoms with Crippen LogP contribution < -0.4 is 19.7 Å². The van der Waals surface area contributed by atoms with E-state index in [4.69, 9.17) is 14.2 Å². The molecule has 0 spiro atoms. The van der Waals surface area contributed by atoms with Crippen molar-refractivity contribution in [1.82, 2.24) is 5.32 Å². The Labute approximate surface area is 183 Å². The van der Waals surface area contributed by atoms with Crippen molar-refractivity contribution in [2.24, 2.45) is 0 Å². The summed E-state index contributed by atoms with van der Waals surface area (Å²) < 4.78 is 16.8. The number of ether oxygens (including phenoxy) is 3. The first-order valence-electron chi connectivity index (χ1n) is 11.2. The van der Waals surface area contributed by atoms with Crippen LogP contribution in [0.4, 0.5) is 5.69 Å². The third-order valence-corrected chi connectivity index (χ3v) is 6.74. The smallest absolute Gasteiger partial charge is 0.161 e. The summed E-state index contributed by atoms with van der Waals surface area (Å²) in [5.74, 6) is 1.51. The molecule has 1 saturated heterocycles. The highest BCUT2D eigenvalue weighted by Crippen LogP contribution is 2.38. The van der Waals surface area contributed by atoms with Gasteiger partial charge in [0.15, 0.2) is 11.5 Å². The molecule has 2 fully saturated rings. The highest BCUT2D eigenvalue weighted by atomic mass is 16.6. The van der Waals surface area contributed by atoms with Crippen LogP contribution in [0.3, 0.4) is 0 Å². The van der Waals surface area contributed by atoms with Crippen LogP contribution in [0.1, 0.15) is 31.2 Å². The SMILES string of the molecule is CO[C@H]1C[C@@H](NC2CCN(c3cccc(-c4ccc5c(c4)OCCO5)c3C#N)CC2)C1. The molecular formula is C25H29N3O3. The fourth-order valence-corrected chi connectivity index (χ4v) is 4.89. The molecule has 0 unspecified atom stereocenters. The summed E-state index contributed by atoms with van der Waals surface area (Å²) in [6, 6.07) is 15.7. The molecular weight excluding hydrogens is 390 g/mol. The van der Waals surface area contributed by atoms with E-state index < -0.39 is 0 Å². The number of anilines is 1. The second-order valence-corrected chi connectivity index (χ2v) is 8.62.